The van der Waals surface area contributed by atoms with E-state index in [9.17, 15) is 14.4 Å². The number of nitrogens with zero attached hydrogens (tertiary/aromatic N) is 2. The first kappa shape index (κ1) is 19.3. The summed E-state index contributed by atoms with van der Waals surface area (Å²) in [5, 5.41) is 3.16. The average Bonchev–Trinajstić information content (AvgIpc) is 3.06. The number of piperazine rings is 1. The predicted octanol–water partition coefficient (Wildman–Crippen LogP) is 2.38. The molecule has 0 aromatic heterocycles. The van der Waals surface area contributed by atoms with Crippen LogP contribution in [0, 0.1) is 0 Å². The highest BCUT2D eigenvalue weighted by atomic mass is 32.2. The minimum atomic E-state index is -0.309. The second-order valence-electron chi connectivity index (χ2n) is 7.93. The van der Waals surface area contributed by atoms with E-state index >= 15 is 0 Å². The number of thioether (sulfide) groups is 1. The fraction of sp³-hybridized carbons (Fsp3) is 0.571. The van der Waals surface area contributed by atoms with Gasteiger partial charge in [0.15, 0.2) is 0 Å². The van der Waals surface area contributed by atoms with E-state index in [0.29, 0.717) is 23.7 Å². The first-order chi connectivity index (χ1) is 13.6. The fourth-order valence-corrected chi connectivity index (χ4v) is 5.42. The van der Waals surface area contributed by atoms with Gasteiger partial charge in [-0.2, -0.15) is 0 Å². The summed E-state index contributed by atoms with van der Waals surface area (Å²) < 4.78 is 0. The van der Waals surface area contributed by atoms with Crippen LogP contribution in [0.15, 0.2) is 24.3 Å². The molecule has 1 aromatic rings. The lowest BCUT2D eigenvalue weighted by Gasteiger charge is -2.35. The van der Waals surface area contributed by atoms with Crippen LogP contribution in [0.4, 0.5) is 0 Å². The molecule has 3 aliphatic rings. The van der Waals surface area contributed by atoms with Gasteiger partial charge in [-0.25, -0.2) is 0 Å². The minimum Gasteiger partial charge on any atom is -0.349 e. The second-order valence-corrected chi connectivity index (χ2v) is 8.93. The van der Waals surface area contributed by atoms with Gasteiger partial charge >= 0.3 is 0 Å². The third-order valence-corrected chi connectivity index (χ3v) is 6.92. The van der Waals surface area contributed by atoms with Crippen molar-refractivity contribution in [3.63, 3.8) is 0 Å². The van der Waals surface area contributed by atoms with Gasteiger partial charge in [0.05, 0.1) is 5.88 Å². The van der Waals surface area contributed by atoms with Crippen LogP contribution in [0.1, 0.15) is 54.4 Å². The van der Waals surface area contributed by atoms with E-state index in [1.54, 1.807) is 21.6 Å². The van der Waals surface area contributed by atoms with Crippen LogP contribution in [0.2, 0.25) is 0 Å². The number of hydrogen-bond donors (Lipinski definition) is 1. The van der Waals surface area contributed by atoms with Gasteiger partial charge in [0, 0.05) is 23.9 Å². The smallest absolute Gasteiger partial charge is 0.251 e. The van der Waals surface area contributed by atoms with Gasteiger partial charge in [0.25, 0.3) is 5.91 Å². The molecule has 2 heterocycles. The Labute approximate surface area is 170 Å². The molecule has 1 aromatic carbocycles. The lowest BCUT2D eigenvalue weighted by Crippen LogP contribution is -2.57. The van der Waals surface area contributed by atoms with Crippen molar-refractivity contribution in [3.8, 4) is 0 Å². The lowest BCUT2D eigenvalue weighted by molar-refractivity contribution is -0.153. The maximum absolute atomic E-state index is 12.6. The van der Waals surface area contributed by atoms with Crippen LogP contribution in [-0.4, -0.2) is 57.8 Å². The van der Waals surface area contributed by atoms with Crippen molar-refractivity contribution in [2.24, 2.45) is 0 Å². The average molecular weight is 402 g/mol. The SMILES string of the molecule is O=C(NC1CCCCCC1)c1ccc(CN2CC(=O)N3CSCC3C2=O)cc1. The van der Waals surface area contributed by atoms with Crippen molar-refractivity contribution >= 4 is 29.5 Å². The van der Waals surface area contributed by atoms with E-state index in [4.69, 9.17) is 0 Å². The maximum Gasteiger partial charge on any atom is 0.251 e. The van der Waals surface area contributed by atoms with E-state index in [2.05, 4.69) is 5.32 Å². The van der Waals surface area contributed by atoms with Gasteiger partial charge in [-0.15, -0.1) is 11.8 Å². The Morgan fingerprint density at radius 1 is 1.07 bits per heavy atom. The maximum atomic E-state index is 12.6. The van der Waals surface area contributed by atoms with Gasteiger partial charge in [0.1, 0.15) is 12.6 Å². The molecule has 1 aliphatic carbocycles. The van der Waals surface area contributed by atoms with Crippen molar-refractivity contribution in [2.45, 2.75) is 57.2 Å². The topological polar surface area (TPSA) is 69.7 Å². The van der Waals surface area contributed by atoms with E-state index < -0.39 is 0 Å². The number of benzene rings is 1. The largest absolute Gasteiger partial charge is 0.349 e. The summed E-state index contributed by atoms with van der Waals surface area (Å²) in [6.45, 7) is 0.546. The molecule has 0 bridgehead atoms. The number of amides is 3. The number of rotatable bonds is 4. The monoisotopic (exact) mass is 401 g/mol. The summed E-state index contributed by atoms with van der Waals surface area (Å²) in [4.78, 5) is 40.7. The molecule has 28 heavy (non-hydrogen) atoms. The zero-order valence-electron chi connectivity index (χ0n) is 16.1. The Hall–Kier alpha value is -2.02. The number of carbonyl (C=O) groups excluding carboxylic acids is 3. The minimum absolute atomic E-state index is 0.0222. The highest BCUT2D eigenvalue weighted by Crippen LogP contribution is 2.26. The number of nitrogens with one attached hydrogen (secondary N) is 1. The highest BCUT2D eigenvalue weighted by Gasteiger charge is 2.42. The molecule has 150 valence electrons. The van der Waals surface area contributed by atoms with Crippen LogP contribution < -0.4 is 5.32 Å². The van der Waals surface area contributed by atoms with Crippen LogP contribution in [0.5, 0.6) is 0 Å². The summed E-state index contributed by atoms with van der Waals surface area (Å²) >= 11 is 1.63. The van der Waals surface area contributed by atoms with Crippen molar-refractivity contribution in [2.75, 3.05) is 18.2 Å². The van der Waals surface area contributed by atoms with Gasteiger partial charge in [-0.1, -0.05) is 37.8 Å². The van der Waals surface area contributed by atoms with E-state index in [1.165, 1.54) is 25.7 Å². The number of carbonyl (C=O) groups is 3. The molecule has 6 nitrogen and oxygen atoms in total. The number of fused-ring (bicyclic) bond motifs is 1. The predicted molar refractivity (Wildman–Crippen MR) is 109 cm³/mol. The Balaban J connectivity index is 1.36. The Bertz CT molecular complexity index is 744. The Kier molecular flexibility index (Phi) is 5.90. The van der Waals surface area contributed by atoms with Crippen molar-refractivity contribution in [1.82, 2.24) is 15.1 Å². The van der Waals surface area contributed by atoms with E-state index in [1.807, 2.05) is 24.3 Å². The van der Waals surface area contributed by atoms with Crippen molar-refractivity contribution in [1.29, 1.82) is 0 Å². The number of hydrogen-bond acceptors (Lipinski definition) is 4. The molecule has 1 saturated carbocycles. The summed E-state index contributed by atoms with van der Waals surface area (Å²) in [6.07, 6.45) is 7.01. The first-order valence-corrected chi connectivity index (χ1v) is 11.3. The molecule has 1 atom stereocenters. The third kappa shape index (κ3) is 4.19. The molecule has 0 radical (unpaired) electrons. The Morgan fingerprint density at radius 3 is 2.50 bits per heavy atom. The molecule has 1 N–H and O–H groups in total. The summed E-state index contributed by atoms with van der Waals surface area (Å²) in [5.74, 6) is 1.32. The van der Waals surface area contributed by atoms with E-state index in [0.717, 1.165) is 18.4 Å². The molecule has 4 rings (SSSR count). The first-order valence-electron chi connectivity index (χ1n) is 10.2. The molecule has 0 spiro atoms. The fourth-order valence-electron chi connectivity index (χ4n) is 4.24. The zero-order chi connectivity index (χ0) is 19.5. The van der Waals surface area contributed by atoms with Crippen LogP contribution in [0.25, 0.3) is 0 Å². The normalized spacial score (nSPS) is 23.5. The second kappa shape index (κ2) is 8.55. The Morgan fingerprint density at radius 2 is 1.79 bits per heavy atom. The molecule has 7 heteroatoms. The molecule has 2 saturated heterocycles. The van der Waals surface area contributed by atoms with E-state index in [-0.39, 0.29) is 36.3 Å². The van der Waals surface area contributed by atoms with Gasteiger partial charge in [0.2, 0.25) is 11.8 Å². The highest BCUT2D eigenvalue weighted by molar-refractivity contribution is 7.99. The third-order valence-electron chi connectivity index (χ3n) is 5.91. The lowest BCUT2D eigenvalue weighted by atomic mass is 10.1. The van der Waals surface area contributed by atoms with Gasteiger partial charge in [-0.05, 0) is 30.5 Å². The van der Waals surface area contributed by atoms with Crippen LogP contribution in [0.3, 0.4) is 0 Å². The summed E-state index contributed by atoms with van der Waals surface area (Å²) in [7, 11) is 0. The van der Waals surface area contributed by atoms with Gasteiger partial charge in [-0.3, -0.25) is 14.4 Å². The molecule has 3 fully saturated rings. The standard InChI is InChI=1S/C21H27N3O3S/c25-19-12-23(21(27)18-13-28-14-24(18)19)11-15-7-9-16(10-8-15)20(26)22-17-5-3-1-2-4-6-17/h7-10,17-18H,1-6,11-14H2,(H,22,26). The molecule has 1 unspecified atom stereocenters. The summed E-state index contributed by atoms with van der Waals surface area (Å²) in [6, 6.07) is 7.37. The van der Waals surface area contributed by atoms with Gasteiger partial charge < -0.3 is 15.1 Å². The molecular weight excluding hydrogens is 374 g/mol. The van der Waals surface area contributed by atoms with Crippen LogP contribution in [-0.2, 0) is 16.1 Å². The molecular formula is C21H27N3O3S. The van der Waals surface area contributed by atoms with Crippen molar-refractivity contribution < 1.29 is 14.4 Å². The summed E-state index contributed by atoms with van der Waals surface area (Å²) in [5.41, 5.74) is 1.58. The molecule has 3 amide bonds. The zero-order valence-corrected chi connectivity index (χ0v) is 16.9. The van der Waals surface area contributed by atoms with Crippen LogP contribution >= 0.6 is 11.8 Å². The van der Waals surface area contributed by atoms with Crippen molar-refractivity contribution in [3.05, 3.63) is 35.4 Å². The quantitative estimate of drug-likeness (QED) is 0.787. The molecule has 2 aliphatic heterocycles.